The molecule has 0 fully saturated rings. The fourth-order valence-corrected chi connectivity index (χ4v) is 3.08. The highest BCUT2D eigenvalue weighted by atomic mass is 32.1. The van der Waals surface area contributed by atoms with Crippen molar-refractivity contribution in [2.45, 2.75) is 20.1 Å². The molecule has 9 heteroatoms. The number of aryl methyl sites for hydroxylation is 1. The maximum atomic E-state index is 12.5. The van der Waals surface area contributed by atoms with E-state index in [0.29, 0.717) is 21.3 Å². The van der Waals surface area contributed by atoms with Crippen molar-refractivity contribution in [1.29, 1.82) is 0 Å². The number of hydrogen-bond donors (Lipinski definition) is 1. The van der Waals surface area contributed by atoms with Gasteiger partial charge in [-0.1, -0.05) is 35.6 Å². The van der Waals surface area contributed by atoms with Gasteiger partial charge in [-0.15, -0.1) is 0 Å². The predicted octanol–water partition coefficient (Wildman–Crippen LogP) is 1.42. The van der Waals surface area contributed by atoms with Gasteiger partial charge in [-0.3, -0.25) is 4.79 Å². The van der Waals surface area contributed by atoms with Crippen molar-refractivity contribution in [2.24, 2.45) is 5.73 Å². The van der Waals surface area contributed by atoms with Gasteiger partial charge in [-0.2, -0.15) is 5.10 Å². The van der Waals surface area contributed by atoms with Crippen molar-refractivity contribution >= 4 is 17.2 Å². The number of thiazole rings is 1. The zero-order valence-corrected chi connectivity index (χ0v) is 13.6. The number of primary amides is 1. The standard InChI is InChI=1S/C15H14FN5O2S/c1-9-12(13(17)22)24-14(19-9)20-8-18-21(15(20)23)7-11-4-2-10(6-16)3-5-11/h2-5,8H,6-7H2,1H3,(H2,17,22). The maximum Gasteiger partial charge on any atom is 0.352 e. The Labute approximate surface area is 140 Å². The minimum absolute atomic E-state index is 0.255. The van der Waals surface area contributed by atoms with Crippen molar-refractivity contribution in [1.82, 2.24) is 19.3 Å². The van der Waals surface area contributed by atoms with Gasteiger partial charge in [-0.25, -0.2) is 23.4 Å². The van der Waals surface area contributed by atoms with E-state index in [4.69, 9.17) is 5.73 Å². The SMILES string of the molecule is Cc1nc(-n2cnn(Cc3ccc(CF)cc3)c2=O)sc1C(N)=O. The molecule has 0 atom stereocenters. The summed E-state index contributed by atoms with van der Waals surface area (Å²) in [5.41, 5.74) is 6.77. The van der Waals surface area contributed by atoms with Crippen LogP contribution < -0.4 is 11.4 Å². The van der Waals surface area contributed by atoms with Crippen molar-refractivity contribution in [3.8, 4) is 5.13 Å². The zero-order valence-electron chi connectivity index (χ0n) is 12.8. The summed E-state index contributed by atoms with van der Waals surface area (Å²) in [5, 5.41) is 4.40. The molecule has 3 rings (SSSR count). The zero-order chi connectivity index (χ0) is 17.3. The summed E-state index contributed by atoms with van der Waals surface area (Å²) in [6.45, 7) is 1.38. The van der Waals surface area contributed by atoms with Gasteiger partial charge < -0.3 is 5.73 Å². The molecule has 0 radical (unpaired) electrons. The molecule has 0 aliphatic carbocycles. The Morgan fingerprint density at radius 1 is 1.29 bits per heavy atom. The largest absolute Gasteiger partial charge is 0.365 e. The topological polar surface area (TPSA) is 95.8 Å². The number of carbonyl (C=O) groups is 1. The Morgan fingerprint density at radius 2 is 1.96 bits per heavy atom. The molecule has 1 amide bonds. The third-order valence-electron chi connectivity index (χ3n) is 3.46. The van der Waals surface area contributed by atoms with Crippen molar-refractivity contribution in [3.63, 3.8) is 0 Å². The Kier molecular flexibility index (Phi) is 4.26. The summed E-state index contributed by atoms with van der Waals surface area (Å²) in [6.07, 6.45) is 1.35. The van der Waals surface area contributed by atoms with Crippen LogP contribution in [0.25, 0.3) is 5.13 Å². The average Bonchev–Trinajstić information content (AvgIpc) is 3.12. The minimum Gasteiger partial charge on any atom is -0.365 e. The van der Waals surface area contributed by atoms with Gasteiger partial charge in [0.1, 0.15) is 17.9 Å². The van der Waals surface area contributed by atoms with Gasteiger partial charge >= 0.3 is 5.69 Å². The molecular weight excluding hydrogens is 333 g/mol. The lowest BCUT2D eigenvalue weighted by Gasteiger charge is -2.01. The van der Waals surface area contributed by atoms with E-state index in [1.54, 1.807) is 31.2 Å². The molecule has 0 spiro atoms. The summed E-state index contributed by atoms with van der Waals surface area (Å²) < 4.78 is 15.1. The van der Waals surface area contributed by atoms with E-state index in [2.05, 4.69) is 10.1 Å². The van der Waals surface area contributed by atoms with E-state index < -0.39 is 12.6 Å². The molecule has 2 N–H and O–H groups in total. The highest BCUT2D eigenvalue weighted by molar-refractivity contribution is 7.16. The number of alkyl halides is 1. The highest BCUT2D eigenvalue weighted by Gasteiger charge is 2.16. The second-order valence-electron chi connectivity index (χ2n) is 5.17. The van der Waals surface area contributed by atoms with Crippen LogP contribution in [0.3, 0.4) is 0 Å². The number of rotatable bonds is 5. The quantitative estimate of drug-likeness (QED) is 0.755. The lowest BCUT2D eigenvalue weighted by Crippen LogP contribution is -2.24. The van der Waals surface area contributed by atoms with Crippen LogP contribution in [0, 0.1) is 6.92 Å². The van der Waals surface area contributed by atoms with Gasteiger partial charge in [0.15, 0.2) is 5.13 Å². The number of nitrogens with zero attached hydrogens (tertiary/aromatic N) is 4. The number of hydrogen-bond acceptors (Lipinski definition) is 5. The second kappa shape index (κ2) is 6.36. The Morgan fingerprint density at radius 3 is 2.54 bits per heavy atom. The molecule has 0 saturated heterocycles. The fraction of sp³-hybridized carbons (Fsp3) is 0.200. The van der Waals surface area contributed by atoms with Crippen LogP contribution in [-0.2, 0) is 13.2 Å². The summed E-state index contributed by atoms with van der Waals surface area (Å²) in [4.78, 5) is 28.3. The number of aromatic nitrogens is 4. The van der Waals surface area contributed by atoms with Crippen molar-refractivity contribution < 1.29 is 9.18 Å². The molecule has 0 unspecified atom stereocenters. The molecule has 1 aromatic carbocycles. The Hall–Kier alpha value is -2.81. The Balaban J connectivity index is 1.89. The third-order valence-corrected chi connectivity index (χ3v) is 4.63. The lowest BCUT2D eigenvalue weighted by molar-refractivity contribution is 0.100. The second-order valence-corrected chi connectivity index (χ2v) is 6.14. The van der Waals surface area contributed by atoms with E-state index in [1.807, 2.05) is 0 Å². The number of halogens is 1. The van der Waals surface area contributed by atoms with Crippen LogP contribution in [0.5, 0.6) is 0 Å². The first kappa shape index (κ1) is 16.1. The lowest BCUT2D eigenvalue weighted by atomic mass is 10.1. The average molecular weight is 347 g/mol. The molecule has 3 aromatic rings. The van der Waals surface area contributed by atoms with E-state index in [-0.39, 0.29) is 12.2 Å². The predicted molar refractivity (Wildman–Crippen MR) is 87.1 cm³/mol. The van der Waals surface area contributed by atoms with Crippen LogP contribution in [0.1, 0.15) is 26.5 Å². The van der Waals surface area contributed by atoms with Gasteiger partial charge in [0, 0.05) is 0 Å². The first-order valence-electron chi connectivity index (χ1n) is 7.05. The molecule has 0 aliphatic heterocycles. The molecule has 0 aliphatic rings. The van der Waals surface area contributed by atoms with E-state index >= 15 is 0 Å². The van der Waals surface area contributed by atoms with Crippen molar-refractivity contribution in [3.05, 3.63) is 62.8 Å². The smallest absolute Gasteiger partial charge is 0.352 e. The van der Waals surface area contributed by atoms with E-state index in [9.17, 15) is 14.0 Å². The molecule has 7 nitrogen and oxygen atoms in total. The van der Waals surface area contributed by atoms with Gasteiger partial charge in [0.25, 0.3) is 5.91 Å². The summed E-state index contributed by atoms with van der Waals surface area (Å²) in [6, 6.07) is 6.83. The molecule has 124 valence electrons. The molecule has 0 saturated carbocycles. The number of carbonyl (C=O) groups excluding carboxylic acids is 1. The molecule has 2 heterocycles. The van der Waals surface area contributed by atoms with Crippen LogP contribution in [-0.4, -0.2) is 25.2 Å². The minimum atomic E-state index is -0.579. The van der Waals surface area contributed by atoms with Crippen LogP contribution in [0.4, 0.5) is 4.39 Å². The number of benzene rings is 1. The van der Waals surface area contributed by atoms with Crippen molar-refractivity contribution in [2.75, 3.05) is 0 Å². The normalized spacial score (nSPS) is 10.9. The highest BCUT2D eigenvalue weighted by Crippen LogP contribution is 2.19. The number of amides is 1. The van der Waals surface area contributed by atoms with Gasteiger partial charge in [0.05, 0.1) is 12.2 Å². The molecule has 2 aromatic heterocycles. The van der Waals surface area contributed by atoms with Crippen LogP contribution >= 0.6 is 11.3 Å². The fourth-order valence-electron chi connectivity index (χ4n) is 2.20. The van der Waals surface area contributed by atoms with Crippen LogP contribution in [0.15, 0.2) is 35.4 Å². The van der Waals surface area contributed by atoms with Gasteiger partial charge in [-0.05, 0) is 18.1 Å². The first-order chi connectivity index (χ1) is 11.5. The molecule has 0 bridgehead atoms. The van der Waals surface area contributed by atoms with E-state index in [1.165, 1.54) is 15.6 Å². The Bertz CT molecular complexity index is 942. The summed E-state index contributed by atoms with van der Waals surface area (Å²) in [5.74, 6) is -0.579. The van der Waals surface area contributed by atoms with E-state index in [0.717, 1.165) is 16.9 Å². The maximum absolute atomic E-state index is 12.5. The third kappa shape index (κ3) is 2.98. The first-order valence-corrected chi connectivity index (χ1v) is 7.87. The van der Waals surface area contributed by atoms with Gasteiger partial charge in [0.2, 0.25) is 0 Å². The summed E-state index contributed by atoms with van der Waals surface area (Å²) >= 11 is 1.04. The molecule has 24 heavy (non-hydrogen) atoms. The summed E-state index contributed by atoms with van der Waals surface area (Å²) in [7, 11) is 0. The monoisotopic (exact) mass is 347 g/mol. The molecular formula is C15H14FN5O2S. The van der Waals surface area contributed by atoms with Crippen LogP contribution in [0.2, 0.25) is 0 Å². The number of nitrogens with two attached hydrogens (primary N) is 1.